The predicted molar refractivity (Wildman–Crippen MR) is 96.9 cm³/mol. The minimum atomic E-state index is -2.78. The van der Waals surface area contributed by atoms with Crippen molar-refractivity contribution in [2.24, 2.45) is 0 Å². The zero-order valence-electron chi connectivity index (χ0n) is 11.7. The van der Waals surface area contributed by atoms with Crippen molar-refractivity contribution in [2.75, 3.05) is 0 Å². The fourth-order valence-electron chi connectivity index (χ4n) is 2.36. The molecule has 0 bridgehead atoms. The Labute approximate surface area is 129 Å². The van der Waals surface area contributed by atoms with Gasteiger partial charge in [-0.25, -0.2) is 0 Å². The van der Waals surface area contributed by atoms with Gasteiger partial charge in [-0.1, -0.05) is 91.0 Å². The fourth-order valence-corrected chi connectivity index (χ4v) is 5.03. The van der Waals surface area contributed by atoms with Gasteiger partial charge in [-0.2, -0.15) is 9.90 Å². The third kappa shape index (κ3) is 3.00. The van der Waals surface area contributed by atoms with Crippen molar-refractivity contribution in [3.05, 3.63) is 91.0 Å². The third-order valence-electron chi connectivity index (χ3n) is 3.36. The molecule has 106 valence electrons. The van der Waals surface area contributed by atoms with E-state index in [0.717, 1.165) is 15.9 Å². The largest absolute Gasteiger partial charge is 0.309 e. The SMILES string of the molecule is O=P(c1ccccc1)(c1ccccc1)c1ccccc1.P. The molecule has 0 fully saturated rings. The summed E-state index contributed by atoms with van der Waals surface area (Å²) in [4.78, 5) is 0. The van der Waals surface area contributed by atoms with E-state index in [2.05, 4.69) is 0 Å². The number of hydrogen-bond acceptors (Lipinski definition) is 1. The summed E-state index contributed by atoms with van der Waals surface area (Å²) in [5.41, 5.74) is 0. The van der Waals surface area contributed by atoms with Crippen molar-refractivity contribution in [3.63, 3.8) is 0 Å². The first kappa shape index (κ1) is 15.7. The summed E-state index contributed by atoms with van der Waals surface area (Å²) in [7, 11) is -2.78. The summed E-state index contributed by atoms with van der Waals surface area (Å²) in [5, 5.41) is 2.62. The second-order valence-electron chi connectivity index (χ2n) is 4.62. The number of rotatable bonds is 3. The lowest BCUT2D eigenvalue weighted by molar-refractivity contribution is 0.592. The van der Waals surface area contributed by atoms with Crippen LogP contribution in [0.25, 0.3) is 0 Å². The van der Waals surface area contributed by atoms with Crippen molar-refractivity contribution < 1.29 is 4.57 Å². The van der Waals surface area contributed by atoms with E-state index >= 15 is 0 Å². The van der Waals surface area contributed by atoms with Crippen molar-refractivity contribution in [1.82, 2.24) is 0 Å². The molecule has 0 heterocycles. The third-order valence-corrected chi connectivity index (χ3v) is 6.44. The summed E-state index contributed by atoms with van der Waals surface area (Å²) in [5.74, 6) is 0. The van der Waals surface area contributed by atoms with E-state index in [1.165, 1.54) is 0 Å². The highest BCUT2D eigenvalue weighted by molar-refractivity contribution is 7.85. The van der Waals surface area contributed by atoms with Gasteiger partial charge in [0.25, 0.3) is 0 Å². The molecule has 3 aromatic rings. The zero-order chi connectivity index (χ0) is 13.8. The van der Waals surface area contributed by atoms with Crippen LogP contribution < -0.4 is 15.9 Å². The highest BCUT2D eigenvalue weighted by Gasteiger charge is 2.28. The summed E-state index contributed by atoms with van der Waals surface area (Å²) in [6, 6.07) is 29.1. The molecule has 0 aliphatic heterocycles. The molecule has 0 saturated carbocycles. The van der Waals surface area contributed by atoms with Gasteiger partial charge in [0.2, 0.25) is 0 Å². The van der Waals surface area contributed by atoms with Crippen LogP contribution in [0, 0.1) is 0 Å². The standard InChI is InChI=1S/C18H15OP.H3P/c19-20(16-10-4-1-5-11-16,17-12-6-2-7-13-17)18-14-8-3-9-15-18;/h1-15H;1H3. The van der Waals surface area contributed by atoms with Crippen molar-refractivity contribution in [1.29, 1.82) is 0 Å². The average molecular weight is 312 g/mol. The Morgan fingerprint density at radius 1 is 0.476 bits per heavy atom. The Balaban J connectivity index is 0.00000161. The highest BCUT2D eigenvalue weighted by atomic mass is 31.2. The second-order valence-corrected chi connectivity index (χ2v) is 7.38. The van der Waals surface area contributed by atoms with Gasteiger partial charge >= 0.3 is 0 Å². The fraction of sp³-hybridized carbons (Fsp3) is 0. The van der Waals surface area contributed by atoms with Gasteiger partial charge in [-0.15, -0.1) is 0 Å². The topological polar surface area (TPSA) is 17.1 Å². The number of benzene rings is 3. The van der Waals surface area contributed by atoms with Crippen molar-refractivity contribution >= 4 is 33.0 Å². The molecule has 0 N–H and O–H groups in total. The van der Waals surface area contributed by atoms with Crippen LogP contribution in [0.3, 0.4) is 0 Å². The molecule has 3 rings (SSSR count). The van der Waals surface area contributed by atoms with Crippen molar-refractivity contribution in [3.8, 4) is 0 Å². The maximum Gasteiger partial charge on any atom is 0.171 e. The van der Waals surface area contributed by atoms with Gasteiger partial charge in [0, 0.05) is 15.9 Å². The van der Waals surface area contributed by atoms with E-state index in [0.29, 0.717) is 0 Å². The maximum absolute atomic E-state index is 13.8. The Hall–Kier alpha value is -1.68. The van der Waals surface area contributed by atoms with Crippen LogP contribution in [-0.4, -0.2) is 0 Å². The molecule has 1 nitrogen and oxygen atoms in total. The molecule has 0 spiro atoms. The second kappa shape index (κ2) is 6.85. The molecular weight excluding hydrogens is 294 g/mol. The van der Waals surface area contributed by atoms with E-state index < -0.39 is 7.14 Å². The van der Waals surface area contributed by atoms with Gasteiger partial charge < -0.3 is 4.57 Å². The average Bonchev–Trinajstić information content (AvgIpc) is 2.56. The predicted octanol–water partition coefficient (Wildman–Crippen LogP) is 3.38. The molecule has 1 atom stereocenters. The van der Waals surface area contributed by atoms with E-state index in [1.807, 2.05) is 91.0 Å². The molecule has 0 aromatic heterocycles. The first-order valence-corrected chi connectivity index (χ1v) is 8.29. The van der Waals surface area contributed by atoms with Gasteiger partial charge in [0.1, 0.15) is 0 Å². The lowest BCUT2D eigenvalue weighted by Crippen LogP contribution is -2.24. The monoisotopic (exact) mass is 312 g/mol. The Morgan fingerprint density at radius 2 is 0.714 bits per heavy atom. The zero-order valence-corrected chi connectivity index (χ0v) is 14.0. The van der Waals surface area contributed by atoms with Crippen LogP contribution >= 0.6 is 17.0 Å². The summed E-state index contributed by atoms with van der Waals surface area (Å²) in [6.07, 6.45) is 0. The molecule has 0 saturated heterocycles. The molecule has 3 heteroatoms. The highest BCUT2D eigenvalue weighted by Crippen LogP contribution is 2.41. The van der Waals surface area contributed by atoms with Crippen LogP contribution in [0.5, 0.6) is 0 Å². The lowest BCUT2D eigenvalue weighted by Gasteiger charge is -2.19. The summed E-state index contributed by atoms with van der Waals surface area (Å²) in [6.45, 7) is 0. The van der Waals surface area contributed by atoms with Crippen LogP contribution in [0.2, 0.25) is 0 Å². The molecule has 1 unspecified atom stereocenters. The van der Waals surface area contributed by atoms with Crippen molar-refractivity contribution in [2.45, 2.75) is 0 Å². The van der Waals surface area contributed by atoms with E-state index in [1.54, 1.807) is 0 Å². The molecule has 0 radical (unpaired) electrons. The molecule has 0 aliphatic rings. The van der Waals surface area contributed by atoms with Gasteiger partial charge in [-0.05, 0) is 0 Å². The Bertz CT molecular complexity index is 622. The first-order chi connectivity index (χ1) is 9.82. The van der Waals surface area contributed by atoms with Crippen LogP contribution in [0.1, 0.15) is 0 Å². The van der Waals surface area contributed by atoms with Gasteiger partial charge in [0.15, 0.2) is 7.14 Å². The minimum Gasteiger partial charge on any atom is -0.309 e. The van der Waals surface area contributed by atoms with E-state index in [4.69, 9.17) is 0 Å². The number of hydrogen-bond donors (Lipinski definition) is 0. The van der Waals surface area contributed by atoms with Gasteiger partial charge in [-0.3, -0.25) is 0 Å². The molecule has 0 amide bonds. The Morgan fingerprint density at radius 3 is 0.952 bits per heavy atom. The summed E-state index contributed by atoms with van der Waals surface area (Å²) >= 11 is 0. The first-order valence-electron chi connectivity index (χ1n) is 6.59. The molecule has 21 heavy (non-hydrogen) atoms. The molecular formula is C18H18OP2. The molecule has 3 aromatic carbocycles. The normalized spacial score (nSPS) is 10.7. The maximum atomic E-state index is 13.8. The summed E-state index contributed by atoms with van der Waals surface area (Å²) < 4.78 is 13.8. The van der Waals surface area contributed by atoms with E-state index in [-0.39, 0.29) is 9.90 Å². The smallest absolute Gasteiger partial charge is 0.171 e. The van der Waals surface area contributed by atoms with E-state index in [9.17, 15) is 4.57 Å². The lowest BCUT2D eigenvalue weighted by atomic mass is 10.4. The minimum absolute atomic E-state index is 0. The Kier molecular flexibility index (Phi) is 5.12. The molecule has 0 aliphatic carbocycles. The van der Waals surface area contributed by atoms with Crippen LogP contribution in [0.4, 0.5) is 0 Å². The van der Waals surface area contributed by atoms with Crippen LogP contribution in [-0.2, 0) is 4.57 Å². The quantitative estimate of drug-likeness (QED) is 0.678. The van der Waals surface area contributed by atoms with Crippen LogP contribution in [0.15, 0.2) is 91.0 Å². The van der Waals surface area contributed by atoms with Gasteiger partial charge in [0.05, 0.1) is 0 Å².